The quantitative estimate of drug-likeness (QED) is 0.747. The predicted octanol–water partition coefficient (Wildman–Crippen LogP) is 3.41. The monoisotopic (exact) mass is 290 g/mol. The summed E-state index contributed by atoms with van der Waals surface area (Å²) in [5.74, 6) is 0. The third kappa shape index (κ3) is 4.54. The molecule has 0 amide bonds. The van der Waals surface area contributed by atoms with Crippen molar-refractivity contribution in [1.29, 1.82) is 0 Å². The van der Waals surface area contributed by atoms with Gasteiger partial charge in [-0.3, -0.25) is 0 Å². The van der Waals surface area contributed by atoms with Gasteiger partial charge in [0.25, 0.3) is 9.05 Å². The number of allylic oxidation sites excluding steroid dienone is 2. The summed E-state index contributed by atoms with van der Waals surface area (Å²) in [6.07, 6.45) is 1.47. The molecule has 0 saturated heterocycles. The maximum Gasteiger partial charge on any atom is 0.267 e. The van der Waals surface area contributed by atoms with E-state index < -0.39 is 9.05 Å². The number of hydrogen-bond donors (Lipinski definition) is 0. The molecule has 0 aromatic carbocycles. The van der Waals surface area contributed by atoms with Crippen molar-refractivity contribution in [3.8, 4) is 0 Å². The minimum atomic E-state index is -3.59. The van der Waals surface area contributed by atoms with E-state index in [1.165, 1.54) is 6.08 Å². The van der Waals surface area contributed by atoms with E-state index in [0.29, 0.717) is 0 Å². The van der Waals surface area contributed by atoms with Crippen LogP contribution in [0.15, 0.2) is 20.2 Å². The van der Waals surface area contributed by atoms with Crippen molar-refractivity contribution in [2.75, 3.05) is 0 Å². The standard InChI is InChI=1S/C6H8BrClO2S2/c1-3-6(12(8,9)10)11-5(2)4-7/h3-4H,1-2H3/b5-4+,6-3+. The zero-order valence-corrected chi connectivity index (χ0v) is 10.5. The molecule has 12 heavy (non-hydrogen) atoms. The summed E-state index contributed by atoms with van der Waals surface area (Å²) in [5.41, 5.74) is 0. The largest absolute Gasteiger partial charge is 0.267 e. The SMILES string of the molecule is C/C=C(\S/C(C)=C/Br)S(=O)(=O)Cl. The Morgan fingerprint density at radius 1 is 1.58 bits per heavy atom. The first-order chi connectivity index (χ1) is 5.41. The van der Waals surface area contributed by atoms with E-state index >= 15 is 0 Å². The lowest BCUT2D eigenvalue weighted by Crippen LogP contribution is -1.89. The molecule has 0 rings (SSSR count). The van der Waals surface area contributed by atoms with Crippen molar-refractivity contribution in [2.45, 2.75) is 13.8 Å². The van der Waals surface area contributed by atoms with Crippen LogP contribution in [0.3, 0.4) is 0 Å². The Balaban J connectivity index is 4.66. The van der Waals surface area contributed by atoms with E-state index in [0.717, 1.165) is 16.7 Å². The van der Waals surface area contributed by atoms with Crippen LogP contribution in [0.5, 0.6) is 0 Å². The lowest BCUT2D eigenvalue weighted by atomic mass is 10.7. The Morgan fingerprint density at radius 2 is 2.08 bits per heavy atom. The molecule has 0 aromatic rings. The van der Waals surface area contributed by atoms with Gasteiger partial charge in [0.1, 0.15) is 4.24 Å². The summed E-state index contributed by atoms with van der Waals surface area (Å²) in [7, 11) is 1.56. The van der Waals surface area contributed by atoms with Crippen LogP contribution in [0.4, 0.5) is 0 Å². The minimum Gasteiger partial charge on any atom is -0.206 e. The highest BCUT2D eigenvalue weighted by molar-refractivity contribution is 9.11. The highest BCUT2D eigenvalue weighted by Crippen LogP contribution is 2.31. The third-order valence-corrected chi connectivity index (χ3v) is 5.16. The van der Waals surface area contributed by atoms with Crippen molar-refractivity contribution in [3.63, 3.8) is 0 Å². The molecule has 0 aliphatic rings. The fourth-order valence-electron chi connectivity index (χ4n) is 0.430. The van der Waals surface area contributed by atoms with Crippen LogP contribution >= 0.6 is 38.4 Å². The summed E-state index contributed by atoms with van der Waals surface area (Å²) in [6, 6.07) is 0. The normalized spacial score (nSPS) is 15.0. The first-order valence-corrected chi connectivity index (χ1v) is 7.01. The first-order valence-electron chi connectivity index (χ1n) is 2.97. The van der Waals surface area contributed by atoms with Crippen LogP contribution in [0.25, 0.3) is 0 Å². The molecule has 0 bridgehead atoms. The van der Waals surface area contributed by atoms with Gasteiger partial charge in [0.05, 0.1) is 0 Å². The van der Waals surface area contributed by atoms with Gasteiger partial charge >= 0.3 is 0 Å². The molecule has 0 aromatic heterocycles. The van der Waals surface area contributed by atoms with Gasteiger partial charge in [0.15, 0.2) is 0 Å². The van der Waals surface area contributed by atoms with Gasteiger partial charge < -0.3 is 0 Å². The van der Waals surface area contributed by atoms with E-state index in [1.54, 1.807) is 18.8 Å². The van der Waals surface area contributed by atoms with Gasteiger partial charge in [0.2, 0.25) is 0 Å². The summed E-state index contributed by atoms with van der Waals surface area (Å²) in [5, 5.41) is 0. The van der Waals surface area contributed by atoms with Gasteiger partial charge in [-0.15, -0.1) is 0 Å². The summed E-state index contributed by atoms with van der Waals surface area (Å²) in [4.78, 5) is 2.47. The van der Waals surface area contributed by atoms with E-state index in [-0.39, 0.29) is 4.24 Å². The van der Waals surface area contributed by atoms with Gasteiger partial charge in [-0.05, 0) is 23.7 Å². The second-order valence-electron chi connectivity index (χ2n) is 1.87. The van der Waals surface area contributed by atoms with Crippen molar-refractivity contribution < 1.29 is 8.42 Å². The highest BCUT2D eigenvalue weighted by atomic mass is 79.9. The smallest absolute Gasteiger partial charge is 0.206 e. The van der Waals surface area contributed by atoms with Crippen LogP contribution in [0.2, 0.25) is 0 Å². The van der Waals surface area contributed by atoms with Crippen molar-refractivity contribution in [2.24, 2.45) is 0 Å². The summed E-state index contributed by atoms with van der Waals surface area (Å²) in [6.45, 7) is 3.41. The lowest BCUT2D eigenvalue weighted by molar-refractivity contribution is 0.616. The fourth-order valence-corrected chi connectivity index (χ4v) is 2.82. The van der Waals surface area contributed by atoms with Gasteiger partial charge in [0, 0.05) is 10.7 Å². The van der Waals surface area contributed by atoms with Gasteiger partial charge in [-0.1, -0.05) is 33.8 Å². The lowest BCUT2D eigenvalue weighted by Gasteiger charge is -2.00. The molecule has 0 aliphatic heterocycles. The molecule has 0 radical (unpaired) electrons. The van der Waals surface area contributed by atoms with Crippen molar-refractivity contribution in [1.82, 2.24) is 0 Å². The molecule has 70 valence electrons. The molecule has 0 heterocycles. The average Bonchev–Trinajstić information content (AvgIpc) is 1.97. The molecule has 0 atom stereocenters. The maximum absolute atomic E-state index is 10.8. The van der Waals surface area contributed by atoms with Crippen LogP contribution in [-0.2, 0) is 9.05 Å². The molecule has 2 nitrogen and oxygen atoms in total. The van der Waals surface area contributed by atoms with E-state index in [9.17, 15) is 8.42 Å². The fraction of sp³-hybridized carbons (Fsp3) is 0.333. The Kier molecular flexibility index (Phi) is 5.56. The number of thioether (sulfide) groups is 1. The number of halogens is 2. The number of hydrogen-bond acceptors (Lipinski definition) is 3. The van der Waals surface area contributed by atoms with E-state index in [1.807, 2.05) is 0 Å². The van der Waals surface area contributed by atoms with E-state index in [4.69, 9.17) is 10.7 Å². The van der Waals surface area contributed by atoms with E-state index in [2.05, 4.69) is 15.9 Å². The van der Waals surface area contributed by atoms with Crippen molar-refractivity contribution in [3.05, 3.63) is 20.2 Å². The highest BCUT2D eigenvalue weighted by Gasteiger charge is 2.13. The molecule has 6 heteroatoms. The molecule has 0 unspecified atom stereocenters. The Morgan fingerprint density at radius 3 is 2.33 bits per heavy atom. The van der Waals surface area contributed by atoms with Crippen LogP contribution in [-0.4, -0.2) is 8.42 Å². The molecule has 0 fully saturated rings. The first kappa shape index (κ1) is 12.6. The molecular formula is C6H8BrClO2S2. The predicted molar refractivity (Wildman–Crippen MR) is 58.8 cm³/mol. The molecule has 0 spiro atoms. The molecule has 0 saturated carbocycles. The second-order valence-corrected chi connectivity index (χ2v) is 6.41. The minimum absolute atomic E-state index is 0.150. The zero-order chi connectivity index (χ0) is 9.78. The van der Waals surface area contributed by atoms with Gasteiger partial charge in [-0.25, -0.2) is 8.42 Å². The topological polar surface area (TPSA) is 34.1 Å². The van der Waals surface area contributed by atoms with Crippen LogP contribution in [0.1, 0.15) is 13.8 Å². The van der Waals surface area contributed by atoms with Crippen LogP contribution < -0.4 is 0 Å². The van der Waals surface area contributed by atoms with Crippen LogP contribution in [0, 0.1) is 0 Å². The summed E-state index contributed by atoms with van der Waals surface area (Å²) >= 11 is 4.20. The average molecular weight is 292 g/mol. The Hall–Kier alpha value is 0.550. The van der Waals surface area contributed by atoms with Crippen molar-refractivity contribution >= 4 is 47.4 Å². The Labute approximate surface area is 89.6 Å². The molecule has 0 N–H and O–H groups in total. The maximum atomic E-state index is 10.8. The summed E-state index contributed by atoms with van der Waals surface area (Å²) < 4.78 is 21.8. The number of rotatable bonds is 3. The molecular weight excluding hydrogens is 284 g/mol. The van der Waals surface area contributed by atoms with Gasteiger partial charge in [-0.2, -0.15) is 0 Å². The Bertz CT molecular complexity index is 306. The third-order valence-electron chi connectivity index (χ3n) is 0.891. The second kappa shape index (κ2) is 5.32. The molecule has 0 aliphatic carbocycles. The zero-order valence-electron chi connectivity index (χ0n) is 6.54.